The summed E-state index contributed by atoms with van der Waals surface area (Å²) < 4.78 is 45.9. The summed E-state index contributed by atoms with van der Waals surface area (Å²) in [5.41, 5.74) is 0.895. The molecule has 3 rings (SSSR count). The maximum Gasteiger partial charge on any atom is 0.573 e. The second-order valence-corrected chi connectivity index (χ2v) is 6.84. The fraction of sp³-hybridized carbons (Fsp3) is 0.579. The Morgan fingerprint density at radius 1 is 1.00 bits per heavy atom. The second-order valence-electron chi connectivity index (χ2n) is 6.84. The van der Waals surface area contributed by atoms with Gasteiger partial charge in [0, 0.05) is 37.9 Å². The molecule has 1 aromatic rings. The summed E-state index contributed by atoms with van der Waals surface area (Å²) in [6.07, 6.45) is 0.643. The van der Waals surface area contributed by atoms with Crippen LogP contribution in [0.25, 0.3) is 0 Å². The lowest BCUT2D eigenvalue weighted by molar-refractivity contribution is -0.274. The maximum absolute atomic E-state index is 12.2. The Hall–Kier alpha value is -1.89. The molecule has 0 bridgehead atoms. The highest BCUT2D eigenvalue weighted by Crippen LogP contribution is 2.26. The first-order chi connectivity index (χ1) is 12.4. The average Bonchev–Trinajstić information content (AvgIpc) is 3.14. The van der Waals surface area contributed by atoms with E-state index in [1.807, 2.05) is 0 Å². The summed E-state index contributed by atoms with van der Waals surface area (Å²) in [5, 5.41) is 0. The van der Waals surface area contributed by atoms with E-state index >= 15 is 0 Å². The Kier molecular flexibility index (Phi) is 5.96. The molecule has 144 valence electrons. The topological polar surface area (TPSA) is 24.9 Å². The summed E-state index contributed by atoms with van der Waals surface area (Å²) >= 11 is 0. The van der Waals surface area contributed by atoms with Gasteiger partial charge in [0.15, 0.2) is 0 Å². The number of hydrogen-bond acceptors (Lipinski definition) is 4. The van der Waals surface area contributed by atoms with Crippen molar-refractivity contribution in [1.82, 2.24) is 9.80 Å². The highest BCUT2D eigenvalue weighted by atomic mass is 19.4. The molecule has 0 atom stereocenters. The highest BCUT2D eigenvalue weighted by molar-refractivity contribution is 5.31. The Labute approximate surface area is 152 Å². The van der Waals surface area contributed by atoms with Gasteiger partial charge in [-0.25, -0.2) is 0 Å². The van der Waals surface area contributed by atoms with E-state index in [0.29, 0.717) is 12.4 Å². The number of hydrogen-bond donors (Lipinski definition) is 0. The molecule has 1 saturated carbocycles. The summed E-state index contributed by atoms with van der Waals surface area (Å²) in [6.45, 7) is 8.39. The number of rotatable bonds is 6. The normalized spacial score (nSPS) is 19.6. The van der Waals surface area contributed by atoms with E-state index in [0.717, 1.165) is 37.9 Å². The van der Waals surface area contributed by atoms with E-state index in [9.17, 15) is 13.2 Å². The van der Waals surface area contributed by atoms with Crippen molar-refractivity contribution in [1.29, 1.82) is 0 Å². The van der Waals surface area contributed by atoms with Gasteiger partial charge in [-0.1, -0.05) is 19.4 Å². The molecule has 1 saturated heterocycles. The maximum atomic E-state index is 12.2. The zero-order chi connectivity index (χ0) is 18.6. The van der Waals surface area contributed by atoms with Gasteiger partial charge in [-0.15, -0.1) is 13.2 Å². The first-order valence-electron chi connectivity index (χ1n) is 9.06. The number of nitrogens with zero attached hydrogens (tertiary/aromatic N) is 2. The predicted molar refractivity (Wildman–Crippen MR) is 93.2 cm³/mol. The minimum atomic E-state index is -4.68. The number of piperazine rings is 1. The highest BCUT2D eigenvalue weighted by Gasteiger charge is 2.31. The van der Waals surface area contributed by atoms with Crippen LogP contribution in [0.3, 0.4) is 0 Å². The molecule has 1 aromatic carbocycles. The number of halogens is 3. The molecule has 0 unspecified atom stereocenters. The quantitative estimate of drug-likeness (QED) is 0.755. The van der Waals surface area contributed by atoms with Crippen LogP contribution in [0.1, 0.15) is 25.7 Å². The first kappa shape index (κ1) is 18.9. The summed E-state index contributed by atoms with van der Waals surface area (Å²) in [4.78, 5) is 4.81. The third-order valence-corrected chi connectivity index (χ3v) is 5.07. The van der Waals surface area contributed by atoms with Gasteiger partial charge in [0.05, 0.1) is 0 Å². The Morgan fingerprint density at radius 3 is 2.15 bits per heavy atom. The third kappa shape index (κ3) is 5.30. The van der Waals surface area contributed by atoms with Crippen molar-refractivity contribution in [2.75, 3.05) is 32.8 Å². The van der Waals surface area contributed by atoms with Crippen LogP contribution in [-0.2, 0) is 0 Å². The van der Waals surface area contributed by atoms with Crippen LogP contribution >= 0.6 is 0 Å². The van der Waals surface area contributed by atoms with Crippen molar-refractivity contribution in [2.24, 2.45) is 0 Å². The van der Waals surface area contributed by atoms with Gasteiger partial charge in [0.2, 0.25) is 0 Å². The first-order valence-corrected chi connectivity index (χ1v) is 9.06. The Bertz CT molecular complexity index is 590. The van der Waals surface area contributed by atoms with E-state index in [-0.39, 0.29) is 5.75 Å². The molecule has 2 aliphatic rings. The van der Waals surface area contributed by atoms with E-state index < -0.39 is 6.36 Å². The monoisotopic (exact) mass is 370 g/mol. The zero-order valence-corrected chi connectivity index (χ0v) is 14.8. The minimum Gasteiger partial charge on any atom is -0.487 e. The lowest BCUT2D eigenvalue weighted by atomic mass is 10.2. The van der Waals surface area contributed by atoms with E-state index in [4.69, 9.17) is 4.74 Å². The van der Waals surface area contributed by atoms with Crippen LogP contribution in [0.15, 0.2) is 36.5 Å². The zero-order valence-electron chi connectivity index (χ0n) is 14.8. The molecular formula is C19H25F3N2O2. The van der Waals surface area contributed by atoms with Crippen molar-refractivity contribution >= 4 is 0 Å². The van der Waals surface area contributed by atoms with Crippen molar-refractivity contribution < 1.29 is 22.6 Å². The summed E-state index contributed by atoms with van der Waals surface area (Å²) in [5.74, 6) is 0.233. The summed E-state index contributed by atoms with van der Waals surface area (Å²) in [6, 6.07) is 6.16. The lowest BCUT2D eigenvalue weighted by Gasteiger charge is -2.39. The van der Waals surface area contributed by atoms with Crippen LogP contribution in [0.4, 0.5) is 13.2 Å². The van der Waals surface area contributed by atoms with Crippen LogP contribution in [0, 0.1) is 0 Å². The van der Waals surface area contributed by atoms with Crippen LogP contribution < -0.4 is 9.47 Å². The van der Waals surface area contributed by atoms with Crippen molar-refractivity contribution in [2.45, 2.75) is 38.1 Å². The van der Waals surface area contributed by atoms with E-state index in [2.05, 4.69) is 21.1 Å². The van der Waals surface area contributed by atoms with Crippen LogP contribution in [0.5, 0.6) is 11.5 Å². The Balaban J connectivity index is 1.41. The van der Waals surface area contributed by atoms with E-state index in [1.165, 1.54) is 49.9 Å². The summed E-state index contributed by atoms with van der Waals surface area (Å²) in [7, 11) is 0. The standard InChI is InChI=1S/C19H25F3N2O2/c1-15(23-10-12-24(13-11-23)16-4-2-3-5-16)14-25-17-6-8-18(9-7-17)26-19(20,21)22/h6-9,16H,1-5,10-14H2. The van der Waals surface area contributed by atoms with Gasteiger partial charge in [0.25, 0.3) is 0 Å². The second kappa shape index (κ2) is 8.20. The van der Waals surface area contributed by atoms with Crippen molar-refractivity contribution in [3.05, 3.63) is 36.5 Å². The van der Waals surface area contributed by atoms with Gasteiger partial charge >= 0.3 is 6.36 Å². The number of benzene rings is 1. The van der Waals surface area contributed by atoms with Crippen LogP contribution in [0.2, 0.25) is 0 Å². The molecule has 1 heterocycles. The fourth-order valence-electron chi connectivity index (χ4n) is 3.67. The molecule has 0 radical (unpaired) electrons. The van der Waals surface area contributed by atoms with E-state index in [1.54, 1.807) is 0 Å². The third-order valence-electron chi connectivity index (χ3n) is 5.07. The van der Waals surface area contributed by atoms with Gasteiger partial charge in [-0.2, -0.15) is 0 Å². The molecule has 0 aromatic heterocycles. The number of alkyl halides is 3. The molecular weight excluding hydrogens is 345 g/mol. The van der Waals surface area contributed by atoms with Crippen molar-refractivity contribution in [3.63, 3.8) is 0 Å². The molecule has 0 N–H and O–H groups in total. The largest absolute Gasteiger partial charge is 0.573 e. The lowest BCUT2D eigenvalue weighted by Crippen LogP contribution is -2.49. The van der Waals surface area contributed by atoms with Gasteiger partial charge in [-0.3, -0.25) is 4.90 Å². The Morgan fingerprint density at radius 2 is 1.58 bits per heavy atom. The molecule has 1 aliphatic heterocycles. The molecule has 2 fully saturated rings. The molecule has 1 aliphatic carbocycles. The molecule has 7 heteroatoms. The fourth-order valence-corrected chi connectivity index (χ4v) is 3.67. The molecule has 4 nitrogen and oxygen atoms in total. The van der Waals surface area contributed by atoms with Crippen molar-refractivity contribution in [3.8, 4) is 11.5 Å². The van der Waals surface area contributed by atoms with Gasteiger partial charge < -0.3 is 14.4 Å². The molecule has 0 amide bonds. The average molecular weight is 370 g/mol. The number of ether oxygens (including phenoxy) is 2. The van der Waals surface area contributed by atoms with Gasteiger partial charge in [0.1, 0.15) is 18.1 Å². The van der Waals surface area contributed by atoms with Gasteiger partial charge in [-0.05, 0) is 37.1 Å². The smallest absolute Gasteiger partial charge is 0.487 e. The molecule has 0 spiro atoms. The van der Waals surface area contributed by atoms with Crippen LogP contribution in [-0.4, -0.2) is 55.0 Å². The minimum absolute atomic E-state index is 0.258. The predicted octanol–water partition coefficient (Wildman–Crippen LogP) is 4.04. The SMILES string of the molecule is C=C(COc1ccc(OC(F)(F)F)cc1)N1CCN(C2CCCC2)CC1. The molecule has 26 heavy (non-hydrogen) atoms.